The Labute approximate surface area is 291 Å². The Morgan fingerprint density at radius 3 is 2.27 bits per heavy atom. The molecule has 2 aromatic carbocycles. The smallest absolute Gasteiger partial charge is 0.282 e. The molecule has 0 radical (unpaired) electrons. The molecule has 1 saturated heterocycles. The highest BCUT2D eigenvalue weighted by molar-refractivity contribution is 5.95. The van der Waals surface area contributed by atoms with Crippen molar-refractivity contribution in [1.29, 1.82) is 0 Å². The van der Waals surface area contributed by atoms with E-state index in [9.17, 15) is 4.79 Å². The first kappa shape index (κ1) is 38.8. The zero-order valence-electron chi connectivity index (χ0n) is 31.5. The number of carbonyl (C=O) groups excluding carboxylic acids is 1. The topological polar surface area (TPSA) is 92.3 Å². The third kappa shape index (κ3) is 10.4. The Hall–Kier alpha value is -3.61. The van der Waals surface area contributed by atoms with Crippen molar-refractivity contribution >= 4 is 29.0 Å². The second-order valence-corrected chi connectivity index (χ2v) is 14.5. The van der Waals surface area contributed by atoms with E-state index in [1.807, 2.05) is 18.7 Å². The molecule has 3 rings (SSSR count). The van der Waals surface area contributed by atoms with Crippen LogP contribution in [0.25, 0.3) is 0 Å². The first-order valence-corrected chi connectivity index (χ1v) is 18.2. The number of nitrogens with one attached hydrogen (secondary N) is 1. The van der Waals surface area contributed by atoms with Gasteiger partial charge in [0, 0.05) is 23.6 Å². The summed E-state index contributed by atoms with van der Waals surface area (Å²) in [6.45, 7) is 24.5. The molecule has 2 aromatic rings. The standard InChI is InChI=1S/C41H63N5O2/c1-12-13-15-27(4)32(9)43-36-22-21-34(24-31(36)8)28(5)17-18-29(6)35-20-19-30(7)37(25-35)44-33(10)38-16-14-23-46(38)40(47)39(26(2)3)45-41(42)48-11/h19-22,24-29,38-39,43H,9,12-18,23H2,1-8,10-11H3,(H2,42,45)/t27?,28?,29-,38+,39?/m1/s1. The molecule has 5 atom stereocenters. The van der Waals surface area contributed by atoms with Gasteiger partial charge in [0.15, 0.2) is 0 Å². The maximum atomic E-state index is 13.6. The fourth-order valence-corrected chi connectivity index (χ4v) is 6.58. The number of hydrogen-bond donors (Lipinski definition) is 2. The van der Waals surface area contributed by atoms with Crippen LogP contribution in [0.1, 0.15) is 128 Å². The van der Waals surface area contributed by atoms with E-state index in [-0.39, 0.29) is 23.9 Å². The second kappa shape index (κ2) is 18.2. The molecule has 0 aliphatic carbocycles. The molecule has 1 heterocycles. The highest BCUT2D eigenvalue weighted by Crippen LogP contribution is 2.33. The van der Waals surface area contributed by atoms with Gasteiger partial charge in [0.25, 0.3) is 6.02 Å². The molecular weight excluding hydrogens is 594 g/mol. The summed E-state index contributed by atoms with van der Waals surface area (Å²) < 4.78 is 5.06. The van der Waals surface area contributed by atoms with E-state index < -0.39 is 6.04 Å². The van der Waals surface area contributed by atoms with Crippen molar-refractivity contribution in [3.8, 4) is 0 Å². The normalized spacial score (nSPS) is 18.1. The molecule has 48 heavy (non-hydrogen) atoms. The summed E-state index contributed by atoms with van der Waals surface area (Å²) in [5, 5.41) is 3.58. The summed E-state index contributed by atoms with van der Waals surface area (Å²) in [5.74, 6) is 1.31. The highest BCUT2D eigenvalue weighted by atomic mass is 16.5. The van der Waals surface area contributed by atoms with E-state index in [0.717, 1.165) is 54.0 Å². The lowest BCUT2D eigenvalue weighted by Gasteiger charge is -2.29. The molecule has 0 saturated carbocycles. The summed E-state index contributed by atoms with van der Waals surface area (Å²) >= 11 is 0. The third-order valence-corrected chi connectivity index (χ3v) is 10.2. The van der Waals surface area contributed by atoms with Crippen molar-refractivity contribution in [2.75, 3.05) is 19.0 Å². The van der Waals surface area contributed by atoms with Crippen molar-refractivity contribution in [3.63, 3.8) is 0 Å². The van der Waals surface area contributed by atoms with Gasteiger partial charge in [-0.1, -0.05) is 85.2 Å². The number of unbranched alkanes of at least 4 members (excludes halogenated alkanes) is 1. The van der Waals surface area contributed by atoms with Crippen LogP contribution in [-0.4, -0.2) is 48.3 Å². The molecule has 1 amide bonds. The van der Waals surface area contributed by atoms with Gasteiger partial charge in [-0.3, -0.25) is 9.79 Å². The minimum Gasteiger partial charge on any atom is -0.469 e. The molecule has 0 bridgehead atoms. The van der Waals surface area contributed by atoms with Crippen LogP contribution in [0.2, 0.25) is 0 Å². The number of aryl methyl sites for hydroxylation is 2. The van der Waals surface area contributed by atoms with Crippen LogP contribution in [0.15, 0.2) is 58.7 Å². The number of carbonyl (C=O) groups is 1. The molecule has 3 N–H and O–H groups in total. The molecule has 3 unspecified atom stereocenters. The van der Waals surface area contributed by atoms with Gasteiger partial charge in [-0.15, -0.1) is 0 Å². The predicted octanol–water partition coefficient (Wildman–Crippen LogP) is 9.81. The molecule has 0 aromatic heterocycles. The number of ether oxygens (including phenoxy) is 1. The Kier molecular flexibility index (Phi) is 14.8. The maximum absolute atomic E-state index is 13.6. The summed E-state index contributed by atoms with van der Waals surface area (Å²) in [5.41, 5.74) is 15.1. The van der Waals surface area contributed by atoms with E-state index >= 15 is 0 Å². The lowest BCUT2D eigenvalue weighted by Crippen LogP contribution is -2.46. The number of amides is 1. The number of allylic oxidation sites excluding steroid dienone is 1. The van der Waals surface area contributed by atoms with E-state index in [1.165, 1.54) is 43.1 Å². The van der Waals surface area contributed by atoms with Crippen molar-refractivity contribution < 1.29 is 9.53 Å². The number of methoxy groups -OCH3 is 1. The van der Waals surface area contributed by atoms with Crippen LogP contribution in [0.4, 0.5) is 11.4 Å². The third-order valence-electron chi connectivity index (χ3n) is 10.2. The Balaban J connectivity index is 1.67. The van der Waals surface area contributed by atoms with Gasteiger partial charge in [0.2, 0.25) is 5.91 Å². The van der Waals surface area contributed by atoms with Crippen molar-refractivity contribution in [3.05, 3.63) is 70.9 Å². The van der Waals surface area contributed by atoms with Gasteiger partial charge in [-0.25, -0.2) is 4.99 Å². The molecule has 1 fully saturated rings. The number of aliphatic imine (C=N–C) groups is 2. The average molecular weight is 658 g/mol. The van der Waals surface area contributed by atoms with Gasteiger partial charge < -0.3 is 20.7 Å². The number of nitrogens with zero attached hydrogens (tertiary/aromatic N) is 3. The zero-order valence-corrected chi connectivity index (χ0v) is 31.5. The Bertz CT molecular complexity index is 1440. The number of benzene rings is 2. The van der Waals surface area contributed by atoms with Crippen LogP contribution in [0.3, 0.4) is 0 Å². The van der Waals surface area contributed by atoms with E-state index in [4.69, 9.17) is 15.5 Å². The summed E-state index contributed by atoms with van der Waals surface area (Å²) in [6, 6.07) is 12.9. The van der Waals surface area contributed by atoms with Crippen LogP contribution < -0.4 is 11.1 Å². The van der Waals surface area contributed by atoms with Gasteiger partial charge in [-0.05, 0) is 111 Å². The molecule has 0 spiro atoms. The molecule has 264 valence electrons. The van der Waals surface area contributed by atoms with E-state index in [2.05, 4.69) is 102 Å². The average Bonchev–Trinajstić information content (AvgIpc) is 3.56. The molecule has 1 aliphatic heterocycles. The lowest BCUT2D eigenvalue weighted by atomic mass is 9.88. The lowest BCUT2D eigenvalue weighted by molar-refractivity contribution is -0.133. The summed E-state index contributed by atoms with van der Waals surface area (Å²) in [7, 11) is 1.47. The Morgan fingerprint density at radius 2 is 1.67 bits per heavy atom. The van der Waals surface area contributed by atoms with Gasteiger partial charge >= 0.3 is 0 Å². The van der Waals surface area contributed by atoms with Crippen LogP contribution >= 0.6 is 0 Å². The first-order valence-electron chi connectivity index (χ1n) is 18.2. The molecule has 1 aliphatic rings. The number of likely N-dealkylation sites (tertiary alicyclic amines) is 1. The number of hydrogen-bond acceptors (Lipinski definition) is 5. The number of rotatable bonds is 16. The maximum Gasteiger partial charge on any atom is 0.282 e. The summed E-state index contributed by atoms with van der Waals surface area (Å²) in [4.78, 5) is 25.1. The van der Waals surface area contributed by atoms with E-state index in [1.54, 1.807) is 0 Å². The van der Waals surface area contributed by atoms with E-state index in [0.29, 0.717) is 24.3 Å². The zero-order chi connectivity index (χ0) is 35.5. The van der Waals surface area contributed by atoms with Crippen LogP contribution in [0.5, 0.6) is 0 Å². The monoisotopic (exact) mass is 657 g/mol. The second-order valence-electron chi connectivity index (χ2n) is 14.5. The fourth-order valence-electron chi connectivity index (χ4n) is 6.58. The largest absolute Gasteiger partial charge is 0.469 e. The first-order chi connectivity index (χ1) is 22.8. The van der Waals surface area contributed by atoms with Crippen molar-refractivity contribution in [1.82, 2.24) is 4.90 Å². The molecule has 7 nitrogen and oxygen atoms in total. The van der Waals surface area contributed by atoms with Gasteiger partial charge in [-0.2, -0.15) is 0 Å². The van der Waals surface area contributed by atoms with Gasteiger partial charge in [0.05, 0.1) is 18.8 Å². The number of anilines is 1. The fraction of sp³-hybridized carbons (Fsp3) is 0.585. The quantitative estimate of drug-likeness (QED) is 0.139. The molecular formula is C41H63N5O2. The summed E-state index contributed by atoms with van der Waals surface area (Å²) in [6.07, 6.45) is 7.64. The van der Waals surface area contributed by atoms with Gasteiger partial charge in [0.1, 0.15) is 6.04 Å². The minimum atomic E-state index is -0.575. The SMILES string of the molecule is C=C(Nc1ccc(C(C)CC[C@@H](C)c2ccc(C)c(N=C(C)[C@@H]3CCCN3C(=O)C(N=C(N)OC)C(C)C)c2)cc1C)C(C)CCCC. The number of amidine groups is 1. The van der Waals surface area contributed by atoms with Crippen molar-refractivity contribution in [2.24, 2.45) is 27.6 Å². The number of nitrogens with two attached hydrogens (primary N) is 1. The van der Waals surface area contributed by atoms with Crippen molar-refractivity contribution in [2.45, 2.75) is 131 Å². The van der Waals surface area contributed by atoms with Crippen LogP contribution in [-0.2, 0) is 9.53 Å². The molecule has 7 heteroatoms. The highest BCUT2D eigenvalue weighted by Gasteiger charge is 2.36. The minimum absolute atomic E-state index is 0.00251. The predicted molar refractivity (Wildman–Crippen MR) is 205 cm³/mol. The Morgan fingerprint density at radius 1 is 1.02 bits per heavy atom. The van der Waals surface area contributed by atoms with Crippen LogP contribution in [0, 0.1) is 25.7 Å².